The molecule has 0 saturated carbocycles. The number of anilines is 1. The van der Waals surface area contributed by atoms with Crippen LogP contribution in [0.15, 0.2) is 47.5 Å². The van der Waals surface area contributed by atoms with Gasteiger partial charge in [-0.25, -0.2) is 4.99 Å². The summed E-state index contributed by atoms with van der Waals surface area (Å²) in [4.78, 5) is 7.17. The molecule has 1 heterocycles. The van der Waals surface area contributed by atoms with Crippen molar-refractivity contribution >= 4 is 35.6 Å². The predicted octanol–water partition coefficient (Wildman–Crippen LogP) is 4.39. The lowest BCUT2D eigenvalue weighted by Gasteiger charge is -2.32. The van der Waals surface area contributed by atoms with E-state index in [1.165, 1.54) is 27.9 Å². The molecule has 0 spiro atoms. The van der Waals surface area contributed by atoms with Gasteiger partial charge in [0, 0.05) is 38.5 Å². The second-order valence-electron chi connectivity index (χ2n) is 8.26. The molecular formula is C25H37IN4O. The van der Waals surface area contributed by atoms with Crippen molar-refractivity contribution < 1.29 is 5.11 Å². The number of nitrogens with zero attached hydrogens (tertiary/aromatic N) is 2. The van der Waals surface area contributed by atoms with Gasteiger partial charge in [-0.2, -0.15) is 0 Å². The lowest BCUT2D eigenvalue weighted by molar-refractivity contribution is 0.203. The molecule has 3 N–H and O–H groups in total. The molecule has 0 atom stereocenters. The summed E-state index contributed by atoms with van der Waals surface area (Å²) in [7, 11) is 0. The number of aliphatic imine (C=N–C) groups is 1. The van der Waals surface area contributed by atoms with E-state index in [0.29, 0.717) is 19.1 Å². The van der Waals surface area contributed by atoms with Crippen molar-refractivity contribution in [3.8, 4) is 0 Å². The average Bonchev–Trinajstić information content (AvgIpc) is 2.77. The highest BCUT2D eigenvalue weighted by Gasteiger charge is 2.18. The summed E-state index contributed by atoms with van der Waals surface area (Å²) in [5.41, 5.74) is 6.35. The predicted molar refractivity (Wildman–Crippen MR) is 141 cm³/mol. The summed E-state index contributed by atoms with van der Waals surface area (Å²) in [6.45, 7) is 11.0. The molecule has 2 aromatic carbocycles. The number of hydrogen-bond donors (Lipinski definition) is 3. The van der Waals surface area contributed by atoms with Crippen LogP contribution >= 0.6 is 24.0 Å². The Bertz CT molecular complexity index is 830. The Labute approximate surface area is 204 Å². The van der Waals surface area contributed by atoms with E-state index in [4.69, 9.17) is 4.99 Å². The molecule has 1 fully saturated rings. The number of nitrogens with one attached hydrogen (secondary N) is 2. The number of piperidine rings is 1. The number of halogens is 1. The van der Waals surface area contributed by atoms with Gasteiger partial charge in [0.15, 0.2) is 5.96 Å². The number of aliphatic hydroxyl groups excluding tert-OH is 1. The molecule has 0 aliphatic carbocycles. The van der Waals surface area contributed by atoms with Gasteiger partial charge in [-0.3, -0.25) is 0 Å². The number of rotatable bonds is 7. The molecule has 0 aromatic heterocycles. The minimum absolute atomic E-state index is 0. The van der Waals surface area contributed by atoms with Gasteiger partial charge < -0.3 is 20.6 Å². The zero-order chi connectivity index (χ0) is 21.3. The smallest absolute Gasteiger partial charge is 0.191 e. The van der Waals surface area contributed by atoms with E-state index >= 15 is 0 Å². The Morgan fingerprint density at radius 2 is 1.77 bits per heavy atom. The molecule has 2 aromatic rings. The van der Waals surface area contributed by atoms with Crippen LogP contribution in [0.5, 0.6) is 0 Å². The maximum atomic E-state index is 9.31. The van der Waals surface area contributed by atoms with Crippen molar-refractivity contribution in [2.24, 2.45) is 10.9 Å². The number of hydrogen-bond acceptors (Lipinski definition) is 3. The van der Waals surface area contributed by atoms with E-state index < -0.39 is 0 Å². The SMILES string of the molecule is CCNC(=NCc1ccc(N2CCC(CO)CC2)cc1)NCc1ccc(C)cc1C.I. The summed E-state index contributed by atoms with van der Waals surface area (Å²) < 4.78 is 0. The molecule has 3 rings (SSSR count). The molecule has 5 nitrogen and oxygen atoms in total. The number of aliphatic hydroxyl groups is 1. The monoisotopic (exact) mass is 536 g/mol. The molecule has 6 heteroatoms. The zero-order valence-corrected chi connectivity index (χ0v) is 21.4. The quantitative estimate of drug-likeness (QED) is 0.279. The molecule has 31 heavy (non-hydrogen) atoms. The Hall–Kier alpha value is -1.80. The van der Waals surface area contributed by atoms with Gasteiger partial charge in [-0.1, -0.05) is 35.9 Å². The normalized spacial score (nSPS) is 14.8. The Morgan fingerprint density at radius 3 is 2.39 bits per heavy atom. The molecule has 1 aliphatic heterocycles. The summed E-state index contributed by atoms with van der Waals surface area (Å²) >= 11 is 0. The molecule has 170 valence electrons. The fourth-order valence-corrected chi connectivity index (χ4v) is 3.92. The van der Waals surface area contributed by atoms with Crippen LogP contribution in [0.1, 0.15) is 42.0 Å². The summed E-state index contributed by atoms with van der Waals surface area (Å²) in [6, 6.07) is 15.3. The Balaban J connectivity index is 0.00000341. The second kappa shape index (κ2) is 12.9. The lowest BCUT2D eigenvalue weighted by atomic mass is 9.97. The zero-order valence-electron chi connectivity index (χ0n) is 19.0. The van der Waals surface area contributed by atoms with Crippen molar-refractivity contribution in [2.75, 3.05) is 31.1 Å². The van der Waals surface area contributed by atoms with Crippen molar-refractivity contribution in [2.45, 2.75) is 46.7 Å². The number of guanidine groups is 1. The lowest BCUT2D eigenvalue weighted by Crippen LogP contribution is -2.37. The molecule has 1 aliphatic rings. The molecular weight excluding hydrogens is 499 g/mol. The molecule has 0 unspecified atom stereocenters. The molecule has 0 amide bonds. The van der Waals surface area contributed by atoms with Crippen LogP contribution in [0.4, 0.5) is 5.69 Å². The first-order chi connectivity index (χ1) is 14.6. The fraction of sp³-hybridized carbons (Fsp3) is 0.480. The van der Waals surface area contributed by atoms with Crippen molar-refractivity contribution in [1.29, 1.82) is 0 Å². The van der Waals surface area contributed by atoms with E-state index in [0.717, 1.165) is 45.0 Å². The van der Waals surface area contributed by atoms with E-state index in [1.54, 1.807) is 0 Å². The third kappa shape index (κ3) is 7.68. The standard InChI is InChI=1S/C25H36N4O.HI/c1-4-26-25(28-17-23-8-5-19(2)15-20(23)3)27-16-21-6-9-24(10-7-21)29-13-11-22(18-30)12-14-29;/h5-10,15,22,30H,4,11-14,16-18H2,1-3H3,(H2,26,27,28);1H. The molecule has 0 radical (unpaired) electrons. The maximum Gasteiger partial charge on any atom is 0.191 e. The summed E-state index contributed by atoms with van der Waals surface area (Å²) in [5, 5.41) is 16.1. The van der Waals surface area contributed by atoms with Crippen LogP contribution in [0.2, 0.25) is 0 Å². The van der Waals surface area contributed by atoms with Crippen LogP contribution in [0, 0.1) is 19.8 Å². The number of benzene rings is 2. The Morgan fingerprint density at radius 1 is 1.06 bits per heavy atom. The van der Waals surface area contributed by atoms with Gasteiger partial charge >= 0.3 is 0 Å². The van der Waals surface area contributed by atoms with Crippen molar-refractivity contribution in [1.82, 2.24) is 10.6 Å². The third-order valence-corrected chi connectivity index (χ3v) is 5.88. The minimum Gasteiger partial charge on any atom is -0.396 e. The first kappa shape index (κ1) is 25.5. The van der Waals surface area contributed by atoms with Crippen molar-refractivity contribution in [3.63, 3.8) is 0 Å². The van der Waals surface area contributed by atoms with E-state index in [2.05, 4.69) is 78.8 Å². The topological polar surface area (TPSA) is 59.9 Å². The average molecular weight is 537 g/mol. The number of aryl methyl sites for hydroxylation is 2. The van der Waals surface area contributed by atoms with Crippen LogP contribution in [0.3, 0.4) is 0 Å². The van der Waals surface area contributed by atoms with Gasteiger partial charge in [-0.15, -0.1) is 24.0 Å². The second-order valence-corrected chi connectivity index (χ2v) is 8.26. The molecule has 0 bridgehead atoms. The van der Waals surface area contributed by atoms with E-state index in [-0.39, 0.29) is 24.0 Å². The van der Waals surface area contributed by atoms with Crippen LogP contribution < -0.4 is 15.5 Å². The third-order valence-electron chi connectivity index (χ3n) is 5.88. The van der Waals surface area contributed by atoms with Gasteiger partial charge in [0.25, 0.3) is 0 Å². The highest BCUT2D eigenvalue weighted by molar-refractivity contribution is 14.0. The maximum absolute atomic E-state index is 9.31. The first-order valence-electron chi connectivity index (χ1n) is 11.1. The summed E-state index contributed by atoms with van der Waals surface area (Å²) in [6.07, 6.45) is 2.14. The van der Waals surface area contributed by atoms with Gasteiger partial charge in [0.2, 0.25) is 0 Å². The first-order valence-corrected chi connectivity index (χ1v) is 11.1. The van der Waals surface area contributed by atoms with Gasteiger partial charge in [0.1, 0.15) is 0 Å². The van der Waals surface area contributed by atoms with Gasteiger partial charge in [-0.05, 0) is 68.4 Å². The highest BCUT2D eigenvalue weighted by Crippen LogP contribution is 2.23. The van der Waals surface area contributed by atoms with Crippen LogP contribution in [0.25, 0.3) is 0 Å². The van der Waals surface area contributed by atoms with Crippen molar-refractivity contribution in [3.05, 3.63) is 64.7 Å². The van der Waals surface area contributed by atoms with E-state index in [1.807, 2.05) is 0 Å². The fourth-order valence-electron chi connectivity index (χ4n) is 3.92. The minimum atomic E-state index is 0. The van der Waals surface area contributed by atoms with E-state index in [9.17, 15) is 5.11 Å². The largest absolute Gasteiger partial charge is 0.396 e. The van der Waals surface area contributed by atoms with Crippen LogP contribution in [-0.4, -0.2) is 37.3 Å². The molecule has 1 saturated heterocycles. The highest BCUT2D eigenvalue weighted by atomic mass is 127. The Kier molecular flexibility index (Phi) is 10.6. The summed E-state index contributed by atoms with van der Waals surface area (Å²) in [5.74, 6) is 1.31. The van der Waals surface area contributed by atoms with Gasteiger partial charge in [0.05, 0.1) is 6.54 Å². The van der Waals surface area contributed by atoms with Crippen LogP contribution in [-0.2, 0) is 13.1 Å².